The van der Waals surface area contributed by atoms with E-state index in [9.17, 15) is 4.79 Å². The molecule has 0 aromatic heterocycles. The molecule has 3 nitrogen and oxygen atoms in total. The van der Waals surface area contributed by atoms with Crippen molar-refractivity contribution in [2.45, 2.75) is 13.0 Å². The molecule has 2 aromatic rings. The molecule has 0 unspecified atom stereocenters. The zero-order valence-corrected chi connectivity index (χ0v) is 13.9. The number of benzene rings is 2. The van der Waals surface area contributed by atoms with Crippen molar-refractivity contribution in [3.63, 3.8) is 0 Å². The van der Waals surface area contributed by atoms with E-state index in [2.05, 4.69) is 26.6 Å². The predicted molar refractivity (Wildman–Crippen MR) is 90.6 cm³/mol. The van der Waals surface area contributed by atoms with E-state index < -0.39 is 0 Å². The van der Waals surface area contributed by atoms with Crippen molar-refractivity contribution in [1.29, 1.82) is 0 Å². The molecule has 2 aromatic carbocycles. The van der Waals surface area contributed by atoms with Crippen LogP contribution in [0.4, 0.5) is 5.69 Å². The summed E-state index contributed by atoms with van der Waals surface area (Å²) in [5.41, 5.74) is 1.86. The maximum atomic E-state index is 11.9. The second-order valence-corrected chi connectivity index (χ2v) is 5.97. The molecule has 0 heterocycles. The summed E-state index contributed by atoms with van der Waals surface area (Å²) in [5.74, 6) is -0.0808. The molecule has 110 valence electrons. The Morgan fingerprint density at radius 2 is 1.86 bits per heavy atom. The number of para-hydroxylation sites is 1. The molecule has 0 saturated carbocycles. The van der Waals surface area contributed by atoms with E-state index in [1.807, 2.05) is 55.5 Å². The third kappa shape index (κ3) is 4.84. The summed E-state index contributed by atoms with van der Waals surface area (Å²) in [6.45, 7) is 2.25. The van der Waals surface area contributed by atoms with Gasteiger partial charge in [0, 0.05) is 15.5 Å². The molecule has 0 saturated heterocycles. The molecule has 0 aliphatic carbocycles. The summed E-state index contributed by atoms with van der Waals surface area (Å²) in [6, 6.07) is 15.2. The zero-order valence-electron chi connectivity index (χ0n) is 11.6. The minimum atomic E-state index is -0.0808. The van der Waals surface area contributed by atoms with E-state index in [1.165, 1.54) is 0 Å². The monoisotopic (exact) mass is 366 g/mol. The largest absolute Gasteiger partial charge is 0.324 e. The third-order valence-electron chi connectivity index (χ3n) is 3.09. The lowest BCUT2D eigenvalue weighted by molar-refractivity contribution is -0.115. The van der Waals surface area contributed by atoms with E-state index in [4.69, 9.17) is 11.6 Å². The van der Waals surface area contributed by atoms with Gasteiger partial charge in [-0.3, -0.25) is 4.79 Å². The minimum Gasteiger partial charge on any atom is -0.324 e. The highest BCUT2D eigenvalue weighted by Crippen LogP contribution is 2.21. The maximum absolute atomic E-state index is 11.9. The topological polar surface area (TPSA) is 41.1 Å². The molecule has 0 bridgehead atoms. The number of carbonyl (C=O) groups is 1. The van der Waals surface area contributed by atoms with E-state index in [0.29, 0.717) is 5.02 Å². The van der Waals surface area contributed by atoms with Crippen LogP contribution in [0.25, 0.3) is 0 Å². The first kappa shape index (κ1) is 16.0. The first-order chi connectivity index (χ1) is 10.1. The van der Waals surface area contributed by atoms with Crippen LogP contribution in [-0.2, 0) is 4.79 Å². The fourth-order valence-electron chi connectivity index (χ4n) is 1.87. The normalized spacial score (nSPS) is 12.0. The highest BCUT2D eigenvalue weighted by atomic mass is 79.9. The van der Waals surface area contributed by atoms with Crippen molar-refractivity contribution >= 4 is 39.1 Å². The summed E-state index contributed by atoms with van der Waals surface area (Å²) in [4.78, 5) is 11.9. The lowest BCUT2D eigenvalue weighted by Crippen LogP contribution is -2.30. The maximum Gasteiger partial charge on any atom is 0.238 e. The number of nitrogens with one attached hydrogen (secondary N) is 2. The van der Waals surface area contributed by atoms with Crippen LogP contribution in [0.5, 0.6) is 0 Å². The predicted octanol–water partition coefficient (Wildman–Crippen LogP) is 4.39. The van der Waals surface area contributed by atoms with Gasteiger partial charge in [-0.15, -0.1) is 0 Å². The highest BCUT2D eigenvalue weighted by molar-refractivity contribution is 9.10. The van der Waals surface area contributed by atoms with E-state index in [0.717, 1.165) is 15.7 Å². The molecule has 5 heteroatoms. The summed E-state index contributed by atoms with van der Waals surface area (Å²) in [7, 11) is 0. The number of hydrogen-bond acceptors (Lipinski definition) is 2. The number of anilines is 1. The average molecular weight is 368 g/mol. The standard InChI is InChI=1S/C16H16BrClN2O/c1-11(12-6-8-13(18)9-7-12)19-10-16(21)20-15-5-3-2-4-14(15)17/h2-9,11,19H,10H2,1H3,(H,20,21)/t11-/m1/s1. The number of hydrogen-bond donors (Lipinski definition) is 2. The van der Waals surface area contributed by atoms with Gasteiger partial charge in [-0.05, 0) is 52.7 Å². The zero-order chi connectivity index (χ0) is 15.2. The molecule has 0 aliphatic rings. The van der Waals surface area contributed by atoms with Crippen molar-refractivity contribution in [3.8, 4) is 0 Å². The Kier molecular flexibility index (Phi) is 5.79. The van der Waals surface area contributed by atoms with Crippen LogP contribution in [0.3, 0.4) is 0 Å². The molecule has 21 heavy (non-hydrogen) atoms. The fourth-order valence-corrected chi connectivity index (χ4v) is 2.38. The van der Waals surface area contributed by atoms with Gasteiger partial charge in [0.05, 0.1) is 12.2 Å². The lowest BCUT2D eigenvalue weighted by atomic mass is 10.1. The summed E-state index contributed by atoms with van der Waals surface area (Å²) in [5, 5.41) is 6.75. The molecule has 0 fully saturated rings. The third-order valence-corrected chi connectivity index (χ3v) is 4.03. The highest BCUT2D eigenvalue weighted by Gasteiger charge is 2.09. The lowest BCUT2D eigenvalue weighted by Gasteiger charge is -2.14. The van der Waals surface area contributed by atoms with Crippen molar-refractivity contribution in [3.05, 3.63) is 63.6 Å². The van der Waals surface area contributed by atoms with Gasteiger partial charge in [-0.25, -0.2) is 0 Å². The van der Waals surface area contributed by atoms with Gasteiger partial charge in [0.15, 0.2) is 0 Å². The molecular weight excluding hydrogens is 352 g/mol. The molecule has 1 atom stereocenters. The second-order valence-electron chi connectivity index (χ2n) is 4.68. The number of halogens is 2. The first-order valence-corrected chi connectivity index (χ1v) is 7.76. The molecular formula is C16H16BrClN2O. The minimum absolute atomic E-state index is 0.0761. The Morgan fingerprint density at radius 1 is 1.19 bits per heavy atom. The number of carbonyl (C=O) groups excluding carboxylic acids is 1. The Labute approximate surface area is 137 Å². The Balaban J connectivity index is 1.86. The molecule has 0 radical (unpaired) electrons. The van der Waals surface area contributed by atoms with Crippen molar-refractivity contribution in [2.75, 3.05) is 11.9 Å². The van der Waals surface area contributed by atoms with Gasteiger partial charge in [0.1, 0.15) is 0 Å². The van der Waals surface area contributed by atoms with E-state index in [1.54, 1.807) is 0 Å². The average Bonchev–Trinajstić information content (AvgIpc) is 2.48. The number of rotatable bonds is 5. The van der Waals surface area contributed by atoms with Crippen LogP contribution in [0.2, 0.25) is 5.02 Å². The molecule has 2 rings (SSSR count). The smallest absolute Gasteiger partial charge is 0.238 e. The van der Waals surface area contributed by atoms with Gasteiger partial charge in [-0.1, -0.05) is 35.9 Å². The first-order valence-electron chi connectivity index (χ1n) is 6.59. The van der Waals surface area contributed by atoms with Gasteiger partial charge >= 0.3 is 0 Å². The fraction of sp³-hybridized carbons (Fsp3) is 0.188. The van der Waals surface area contributed by atoms with Crippen LogP contribution in [0.15, 0.2) is 53.0 Å². The van der Waals surface area contributed by atoms with Gasteiger partial charge in [0.2, 0.25) is 5.91 Å². The quantitative estimate of drug-likeness (QED) is 0.823. The van der Waals surface area contributed by atoms with Gasteiger partial charge < -0.3 is 10.6 Å². The van der Waals surface area contributed by atoms with E-state index in [-0.39, 0.29) is 18.5 Å². The van der Waals surface area contributed by atoms with Crippen LogP contribution >= 0.6 is 27.5 Å². The van der Waals surface area contributed by atoms with Crippen LogP contribution in [-0.4, -0.2) is 12.5 Å². The Bertz CT molecular complexity index is 616. The van der Waals surface area contributed by atoms with E-state index >= 15 is 0 Å². The summed E-state index contributed by atoms with van der Waals surface area (Å²) in [6.07, 6.45) is 0. The Morgan fingerprint density at radius 3 is 2.52 bits per heavy atom. The van der Waals surface area contributed by atoms with Gasteiger partial charge in [0.25, 0.3) is 0 Å². The van der Waals surface area contributed by atoms with Crippen LogP contribution in [0.1, 0.15) is 18.5 Å². The number of amides is 1. The van der Waals surface area contributed by atoms with Crippen molar-refractivity contribution < 1.29 is 4.79 Å². The van der Waals surface area contributed by atoms with Crippen molar-refractivity contribution in [2.24, 2.45) is 0 Å². The molecule has 0 spiro atoms. The molecule has 2 N–H and O–H groups in total. The van der Waals surface area contributed by atoms with Crippen molar-refractivity contribution in [1.82, 2.24) is 5.32 Å². The Hall–Kier alpha value is -1.36. The second kappa shape index (κ2) is 7.59. The van der Waals surface area contributed by atoms with Crippen LogP contribution < -0.4 is 10.6 Å². The molecule has 0 aliphatic heterocycles. The SMILES string of the molecule is C[C@@H](NCC(=O)Nc1ccccc1Br)c1ccc(Cl)cc1. The summed E-state index contributed by atoms with van der Waals surface area (Å²) < 4.78 is 0.865. The van der Waals surface area contributed by atoms with Gasteiger partial charge in [-0.2, -0.15) is 0 Å². The molecule has 1 amide bonds. The van der Waals surface area contributed by atoms with Crippen LogP contribution in [0, 0.1) is 0 Å². The summed E-state index contributed by atoms with van der Waals surface area (Å²) >= 11 is 9.26.